The van der Waals surface area contributed by atoms with E-state index in [0.29, 0.717) is 5.75 Å². The molecule has 1 aliphatic carbocycles. The van der Waals surface area contributed by atoms with Crippen LogP contribution in [-0.2, 0) is 10.2 Å². The molecule has 2 heterocycles. The summed E-state index contributed by atoms with van der Waals surface area (Å²) in [5.41, 5.74) is 9.38. The van der Waals surface area contributed by atoms with Gasteiger partial charge in [0, 0.05) is 22.6 Å². The zero-order valence-electron chi connectivity index (χ0n) is 16.7. The number of ether oxygens (including phenoxy) is 1. The number of hydrogen-bond donors (Lipinski definition) is 1. The molecular formula is C23H20N4O2S. The summed E-state index contributed by atoms with van der Waals surface area (Å²) in [5.74, 6) is 0.310. The van der Waals surface area contributed by atoms with Crippen LogP contribution in [0.15, 0.2) is 48.8 Å². The van der Waals surface area contributed by atoms with Gasteiger partial charge >= 0.3 is 0 Å². The van der Waals surface area contributed by atoms with E-state index in [4.69, 9.17) is 15.5 Å². The molecule has 30 heavy (non-hydrogen) atoms. The molecule has 0 atom stereocenters. The number of methoxy groups -OCH3 is 1. The van der Waals surface area contributed by atoms with Crippen molar-refractivity contribution in [1.29, 1.82) is 0 Å². The van der Waals surface area contributed by atoms with Gasteiger partial charge in [-0.1, -0.05) is 30.3 Å². The Balaban J connectivity index is 1.77. The number of primary amides is 1. The first-order valence-corrected chi connectivity index (χ1v) is 10.5. The molecular weight excluding hydrogens is 396 g/mol. The van der Waals surface area contributed by atoms with Crippen LogP contribution in [0.3, 0.4) is 0 Å². The number of carbonyl (C=O) groups is 1. The first-order valence-electron chi connectivity index (χ1n) is 9.70. The third kappa shape index (κ3) is 2.85. The van der Waals surface area contributed by atoms with Gasteiger partial charge in [0.15, 0.2) is 0 Å². The number of thiazole rings is 1. The second-order valence-electron chi connectivity index (χ2n) is 7.51. The van der Waals surface area contributed by atoms with Gasteiger partial charge < -0.3 is 10.5 Å². The highest BCUT2D eigenvalue weighted by Gasteiger charge is 2.52. The topological polar surface area (TPSA) is 91.0 Å². The predicted octanol–water partition coefficient (Wildman–Crippen LogP) is 4.25. The van der Waals surface area contributed by atoms with Crippen molar-refractivity contribution in [1.82, 2.24) is 15.0 Å². The Hall–Kier alpha value is -3.32. The van der Waals surface area contributed by atoms with Crippen molar-refractivity contribution < 1.29 is 9.53 Å². The van der Waals surface area contributed by atoms with E-state index < -0.39 is 5.41 Å². The van der Waals surface area contributed by atoms with E-state index in [1.807, 2.05) is 49.4 Å². The van der Waals surface area contributed by atoms with Crippen LogP contribution in [0.2, 0.25) is 0 Å². The lowest BCUT2D eigenvalue weighted by Gasteiger charge is -2.17. The van der Waals surface area contributed by atoms with Gasteiger partial charge in [-0.2, -0.15) is 0 Å². The van der Waals surface area contributed by atoms with Crippen LogP contribution in [0.4, 0.5) is 0 Å². The van der Waals surface area contributed by atoms with Crippen LogP contribution in [0.1, 0.15) is 23.4 Å². The monoisotopic (exact) mass is 416 g/mol. The molecule has 1 aliphatic rings. The minimum absolute atomic E-state index is 0.322. The maximum absolute atomic E-state index is 12.2. The fraction of sp³-hybridized carbons (Fsp3) is 0.217. The largest absolute Gasteiger partial charge is 0.496 e. The number of amides is 1. The number of hydrogen-bond acceptors (Lipinski definition) is 6. The standard InChI is InChI=1S/C23H20N4O2S/c1-13-27-19(14-6-4-3-5-7-14)21(30-13)20-15-10-16(23(8-9-23)22(24)28)18(29-2)11-17(15)25-12-26-20/h3-7,10-12H,8-9H2,1-2H3,(H2,24,28). The predicted molar refractivity (Wildman–Crippen MR) is 117 cm³/mol. The van der Waals surface area contributed by atoms with Gasteiger partial charge in [0.2, 0.25) is 5.91 Å². The molecule has 2 N–H and O–H groups in total. The summed E-state index contributed by atoms with van der Waals surface area (Å²) in [5, 5.41) is 1.82. The second-order valence-corrected chi connectivity index (χ2v) is 8.72. The number of aryl methyl sites for hydroxylation is 1. The minimum atomic E-state index is -0.668. The Kier molecular flexibility index (Phi) is 4.29. The number of fused-ring (bicyclic) bond motifs is 1. The molecule has 0 saturated heterocycles. The van der Waals surface area contributed by atoms with E-state index in [1.54, 1.807) is 24.8 Å². The van der Waals surface area contributed by atoms with Crippen molar-refractivity contribution in [2.45, 2.75) is 25.2 Å². The summed E-state index contributed by atoms with van der Waals surface area (Å²) >= 11 is 1.60. The molecule has 2 aromatic carbocycles. The third-order valence-electron chi connectivity index (χ3n) is 5.69. The molecule has 2 aromatic heterocycles. The van der Waals surface area contributed by atoms with Crippen LogP contribution in [0.5, 0.6) is 5.75 Å². The summed E-state index contributed by atoms with van der Waals surface area (Å²) in [6.45, 7) is 1.99. The fourth-order valence-corrected chi connectivity index (χ4v) is 4.91. The van der Waals surface area contributed by atoms with Gasteiger partial charge in [0.25, 0.3) is 0 Å². The molecule has 1 saturated carbocycles. The molecule has 0 radical (unpaired) electrons. The van der Waals surface area contributed by atoms with E-state index in [2.05, 4.69) is 9.97 Å². The van der Waals surface area contributed by atoms with Crippen LogP contribution in [0, 0.1) is 6.92 Å². The number of carbonyl (C=O) groups excluding carboxylic acids is 1. The van der Waals surface area contributed by atoms with E-state index in [-0.39, 0.29) is 5.91 Å². The number of nitrogens with zero attached hydrogens (tertiary/aromatic N) is 3. The normalized spacial score (nSPS) is 14.6. The first-order chi connectivity index (χ1) is 14.5. The SMILES string of the molecule is COc1cc2ncnc(-c3sc(C)nc3-c3ccccc3)c2cc1C1(C(N)=O)CC1. The zero-order chi connectivity index (χ0) is 20.9. The lowest BCUT2D eigenvalue weighted by Crippen LogP contribution is -2.28. The average Bonchev–Trinajstić information content (AvgIpc) is 3.49. The van der Waals surface area contributed by atoms with Crippen molar-refractivity contribution in [2.24, 2.45) is 5.73 Å². The van der Waals surface area contributed by atoms with Crippen molar-refractivity contribution in [3.63, 3.8) is 0 Å². The maximum Gasteiger partial charge on any atom is 0.228 e. The molecule has 0 bridgehead atoms. The minimum Gasteiger partial charge on any atom is -0.496 e. The molecule has 1 fully saturated rings. The van der Waals surface area contributed by atoms with Gasteiger partial charge in [-0.3, -0.25) is 4.79 Å². The maximum atomic E-state index is 12.2. The summed E-state index contributed by atoms with van der Waals surface area (Å²) in [7, 11) is 1.60. The Bertz CT molecular complexity index is 1280. The summed E-state index contributed by atoms with van der Waals surface area (Å²) in [4.78, 5) is 27.0. The van der Waals surface area contributed by atoms with Gasteiger partial charge in [0.05, 0.1) is 39.3 Å². The van der Waals surface area contributed by atoms with Gasteiger partial charge in [-0.25, -0.2) is 15.0 Å². The molecule has 150 valence electrons. The molecule has 0 aliphatic heterocycles. The van der Waals surface area contributed by atoms with Crippen molar-refractivity contribution in [3.8, 4) is 27.6 Å². The lowest BCUT2D eigenvalue weighted by atomic mass is 9.92. The third-order valence-corrected chi connectivity index (χ3v) is 6.67. The second kappa shape index (κ2) is 6.88. The van der Waals surface area contributed by atoms with Crippen molar-refractivity contribution in [3.05, 3.63) is 59.4 Å². The zero-order valence-corrected chi connectivity index (χ0v) is 17.5. The molecule has 6 nitrogen and oxygen atoms in total. The summed E-state index contributed by atoms with van der Waals surface area (Å²) < 4.78 is 5.59. The first kappa shape index (κ1) is 18.7. The highest BCUT2D eigenvalue weighted by atomic mass is 32.1. The van der Waals surface area contributed by atoms with E-state index in [0.717, 1.165) is 56.1 Å². The summed E-state index contributed by atoms with van der Waals surface area (Å²) in [6, 6.07) is 13.9. The fourth-order valence-electron chi connectivity index (χ4n) is 3.96. The van der Waals surface area contributed by atoms with Crippen molar-refractivity contribution >= 4 is 28.1 Å². The van der Waals surface area contributed by atoms with Crippen LogP contribution in [-0.4, -0.2) is 28.0 Å². The Morgan fingerprint density at radius 3 is 2.57 bits per heavy atom. The van der Waals surface area contributed by atoms with Crippen LogP contribution >= 0.6 is 11.3 Å². The van der Waals surface area contributed by atoms with Gasteiger partial charge in [-0.15, -0.1) is 11.3 Å². The smallest absolute Gasteiger partial charge is 0.228 e. The molecule has 7 heteroatoms. The van der Waals surface area contributed by atoms with E-state index in [9.17, 15) is 4.79 Å². The highest BCUT2D eigenvalue weighted by Crippen LogP contribution is 2.52. The van der Waals surface area contributed by atoms with E-state index in [1.165, 1.54) is 0 Å². The number of rotatable bonds is 5. The lowest BCUT2D eigenvalue weighted by molar-refractivity contribution is -0.120. The molecule has 0 unspecified atom stereocenters. The highest BCUT2D eigenvalue weighted by molar-refractivity contribution is 7.15. The van der Waals surface area contributed by atoms with E-state index >= 15 is 0 Å². The Labute approximate surface area is 177 Å². The molecule has 5 rings (SSSR count). The Morgan fingerprint density at radius 2 is 1.90 bits per heavy atom. The van der Waals surface area contributed by atoms with Gasteiger partial charge in [0.1, 0.15) is 12.1 Å². The number of nitrogens with two attached hydrogens (primary N) is 1. The number of benzene rings is 2. The average molecular weight is 417 g/mol. The molecule has 0 spiro atoms. The molecule has 1 amide bonds. The van der Waals surface area contributed by atoms with Crippen LogP contribution in [0.25, 0.3) is 32.7 Å². The van der Waals surface area contributed by atoms with Gasteiger partial charge in [-0.05, 0) is 25.8 Å². The Morgan fingerprint density at radius 1 is 1.13 bits per heavy atom. The quantitative estimate of drug-likeness (QED) is 0.525. The number of aromatic nitrogens is 3. The van der Waals surface area contributed by atoms with Crippen molar-refractivity contribution in [2.75, 3.05) is 7.11 Å². The van der Waals surface area contributed by atoms with Crippen LogP contribution < -0.4 is 10.5 Å². The summed E-state index contributed by atoms with van der Waals surface area (Å²) in [6.07, 6.45) is 3.01. The molecule has 4 aromatic rings.